The van der Waals surface area contributed by atoms with E-state index in [0.29, 0.717) is 30.0 Å². The van der Waals surface area contributed by atoms with Crippen molar-refractivity contribution >= 4 is 11.2 Å². The molecule has 1 saturated carbocycles. The Morgan fingerprint density at radius 3 is 2.59 bits per heavy atom. The Balaban J connectivity index is 2.23. The second-order valence-corrected chi connectivity index (χ2v) is 5.92. The van der Waals surface area contributed by atoms with E-state index in [1.54, 1.807) is 0 Å². The summed E-state index contributed by atoms with van der Waals surface area (Å²) in [5.41, 5.74) is 0.0485. The molecule has 1 fully saturated rings. The number of aliphatic hydroxyl groups excluding tert-OH is 1. The topological polar surface area (TPSA) is 92.9 Å². The second kappa shape index (κ2) is 6.08. The van der Waals surface area contributed by atoms with Crippen molar-refractivity contribution < 1.29 is 5.11 Å². The van der Waals surface area contributed by atoms with Gasteiger partial charge >= 0.3 is 5.69 Å². The summed E-state index contributed by atoms with van der Waals surface area (Å²) in [4.78, 5) is 32.7. The van der Waals surface area contributed by atoms with Crippen molar-refractivity contribution in [3.63, 3.8) is 0 Å². The highest BCUT2D eigenvalue weighted by Crippen LogP contribution is 2.32. The van der Waals surface area contributed by atoms with Crippen LogP contribution in [-0.4, -0.2) is 30.8 Å². The summed E-state index contributed by atoms with van der Waals surface area (Å²) in [6.07, 6.45) is 5.17. The summed E-state index contributed by atoms with van der Waals surface area (Å²) in [6, 6.07) is 0. The number of rotatable bonds is 5. The number of hydrogen-bond acceptors (Lipinski definition) is 4. The molecule has 0 atom stereocenters. The van der Waals surface area contributed by atoms with Gasteiger partial charge in [-0.1, -0.05) is 19.8 Å². The minimum absolute atomic E-state index is 0.147. The standard InChI is InChI=1S/C15H22N4O3/c1-2-7-19-14(21)11-13(18(8-9-20)15(19)22)17-12(16-11)10-5-3-4-6-10/h10,20H,2-9H2,1H3,(H,16,17). The zero-order chi connectivity index (χ0) is 15.7. The van der Waals surface area contributed by atoms with Gasteiger partial charge in [0.25, 0.3) is 5.56 Å². The number of hydrogen-bond donors (Lipinski definition) is 2. The second-order valence-electron chi connectivity index (χ2n) is 5.92. The van der Waals surface area contributed by atoms with Crippen LogP contribution in [0.5, 0.6) is 0 Å². The molecule has 0 radical (unpaired) electrons. The third-order valence-corrected chi connectivity index (χ3v) is 4.39. The molecule has 3 rings (SSSR count). The average Bonchev–Trinajstić information content (AvgIpc) is 3.16. The molecule has 2 aromatic heterocycles. The molecule has 2 heterocycles. The number of fused-ring (bicyclic) bond motifs is 1. The summed E-state index contributed by atoms with van der Waals surface area (Å²) in [5, 5.41) is 9.23. The van der Waals surface area contributed by atoms with Crippen molar-refractivity contribution in [1.82, 2.24) is 19.1 Å². The minimum atomic E-state index is -0.391. The van der Waals surface area contributed by atoms with Crippen LogP contribution in [0.1, 0.15) is 50.8 Å². The number of H-pyrrole nitrogens is 1. The smallest absolute Gasteiger partial charge is 0.332 e. The summed E-state index contributed by atoms with van der Waals surface area (Å²) in [6.45, 7) is 2.28. The lowest BCUT2D eigenvalue weighted by atomic mass is 10.1. The Morgan fingerprint density at radius 2 is 1.95 bits per heavy atom. The number of nitrogens with one attached hydrogen (secondary N) is 1. The van der Waals surface area contributed by atoms with Crippen LogP contribution in [0.4, 0.5) is 0 Å². The fourth-order valence-corrected chi connectivity index (χ4v) is 3.30. The van der Waals surface area contributed by atoms with Crippen molar-refractivity contribution in [3.05, 3.63) is 26.7 Å². The highest BCUT2D eigenvalue weighted by atomic mass is 16.3. The quantitative estimate of drug-likeness (QED) is 0.860. The van der Waals surface area contributed by atoms with Crippen LogP contribution < -0.4 is 11.2 Å². The SMILES string of the molecule is CCCn1c(=O)c2[nH]c(C3CCCC3)nc2n(CCO)c1=O. The van der Waals surface area contributed by atoms with Gasteiger partial charge in [0, 0.05) is 12.5 Å². The van der Waals surface area contributed by atoms with Crippen LogP contribution in [-0.2, 0) is 13.1 Å². The van der Waals surface area contributed by atoms with Crippen LogP contribution in [0.3, 0.4) is 0 Å². The van der Waals surface area contributed by atoms with Crippen molar-refractivity contribution in [3.8, 4) is 0 Å². The van der Waals surface area contributed by atoms with Gasteiger partial charge in [-0.15, -0.1) is 0 Å². The van der Waals surface area contributed by atoms with Gasteiger partial charge in [-0.3, -0.25) is 13.9 Å². The van der Waals surface area contributed by atoms with Crippen molar-refractivity contribution in [2.45, 2.75) is 58.0 Å². The van der Waals surface area contributed by atoms with Crippen LogP contribution in [0.25, 0.3) is 11.2 Å². The molecule has 7 heteroatoms. The first-order valence-electron chi connectivity index (χ1n) is 8.01. The van der Waals surface area contributed by atoms with Crippen molar-refractivity contribution in [1.29, 1.82) is 0 Å². The van der Waals surface area contributed by atoms with E-state index in [2.05, 4.69) is 9.97 Å². The molecule has 0 spiro atoms. The monoisotopic (exact) mass is 306 g/mol. The predicted molar refractivity (Wildman–Crippen MR) is 83.2 cm³/mol. The summed E-state index contributed by atoms with van der Waals surface area (Å²) < 4.78 is 2.63. The molecule has 120 valence electrons. The molecule has 22 heavy (non-hydrogen) atoms. The van der Waals surface area contributed by atoms with Gasteiger partial charge in [0.15, 0.2) is 5.65 Å². The Hall–Kier alpha value is -1.89. The maximum absolute atomic E-state index is 12.5. The molecule has 0 unspecified atom stereocenters. The van der Waals surface area contributed by atoms with Gasteiger partial charge < -0.3 is 10.1 Å². The van der Waals surface area contributed by atoms with Gasteiger partial charge in [0.05, 0.1) is 13.2 Å². The van der Waals surface area contributed by atoms with Crippen molar-refractivity contribution in [2.24, 2.45) is 0 Å². The van der Waals surface area contributed by atoms with E-state index in [9.17, 15) is 14.7 Å². The molecule has 7 nitrogen and oxygen atoms in total. The van der Waals surface area contributed by atoms with E-state index in [1.165, 1.54) is 22.0 Å². The first kappa shape index (κ1) is 15.0. The summed E-state index contributed by atoms with van der Waals surface area (Å²) >= 11 is 0. The van der Waals surface area contributed by atoms with Crippen LogP contribution >= 0.6 is 0 Å². The van der Waals surface area contributed by atoms with Gasteiger partial charge in [0.2, 0.25) is 0 Å². The maximum Gasteiger partial charge on any atom is 0.332 e. The largest absolute Gasteiger partial charge is 0.395 e. The molecule has 0 aliphatic heterocycles. The maximum atomic E-state index is 12.5. The average molecular weight is 306 g/mol. The van der Waals surface area contributed by atoms with E-state index < -0.39 is 5.69 Å². The number of nitrogens with zero attached hydrogens (tertiary/aromatic N) is 3. The van der Waals surface area contributed by atoms with Crippen molar-refractivity contribution in [2.75, 3.05) is 6.61 Å². The van der Waals surface area contributed by atoms with Gasteiger partial charge in [-0.25, -0.2) is 9.78 Å². The fraction of sp³-hybridized carbons (Fsp3) is 0.667. The van der Waals surface area contributed by atoms with Crippen LogP contribution in [0.15, 0.2) is 9.59 Å². The predicted octanol–water partition coefficient (Wildman–Crippen LogP) is 0.946. The van der Waals surface area contributed by atoms with E-state index in [4.69, 9.17) is 0 Å². The Morgan fingerprint density at radius 1 is 1.23 bits per heavy atom. The third kappa shape index (κ3) is 2.39. The summed E-state index contributed by atoms with van der Waals surface area (Å²) in [7, 11) is 0. The van der Waals surface area contributed by atoms with E-state index in [0.717, 1.165) is 18.7 Å². The normalized spacial score (nSPS) is 15.9. The molecular formula is C15H22N4O3. The fourth-order valence-electron chi connectivity index (χ4n) is 3.30. The first-order valence-corrected chi connectivity index (χ1v) is 8.01. The zero-order valence-corrected chi connectivity index (χ0v) is 12.8. The summed E-state index contributed by atoms with van der Waals surface area (Å²) in [5.74, 6) is 1.13. The molecule has 1 aliphatic rings. The number of imidazole rings is 1. The molecule has 0 bridgehead atoms. The molecule has 2 N–H and O–H groups in total. The third-order valence-electron chi connectivity index (χ3n) is 4.39. The van der Waals surface area contributed by atoms with E-state index in [1.807, 2.05) is 6.92 Å². The van der Waals surface area contributed by atoms with Crippen LogP contribution in [0, 0.1) is 0 Å². The lowest BCUT2D eigenvalue weighted by Crippen LogP contribution is -2.40. The molecule has 0 saturated heterocycles. The first-order chi connectivity index (χ1) is 10.7. The highest BCUT2D eigenvalue weighted by molar-refractivity contribution is 5.70. The highest BCUT2D eigenvalue weighted by Gasteiger charge is 2.23. The number of aliphatic hydroxyl groups is 1. The van der Waals surface area contributed by atoms with Gasteiger partial charge in [0.1, 0.15) is 11.3 Å². The molecular weight excluding hydrogens is 284 g/mol. The molecule has 2 aromatic rings. The Kier molecular flexibility index (Phi) is 4.15. The molecule has 0 aromatic carbocycles. The molecule has 1 aliphatic carbocycles. The molecule has 0 amide bonds. The number of aromatic nitrogens is 4. The number of aromatic amines is 1. The van der Waals surface area contributed by atoms with E-state index >= 15 is 0 Å². The van der Waals surface area contributed by atoms with E-state index in [-0.39, 0.29) is 18.7 Å². The van der Waals surface area contributed by atoms with Crippen LogP contribution in [0.2, 0.25) is 0 Å². The Bertz CT molecular complexity index is 780. The van der Waals surface area contributed by atoms with Gasteiger partial charge in [-0.2, -0.15) is 0 Å². The minimum Gasteiger partial charge on any atom is -0.395 e. The lowest BCUT2D eigenvalue weighted by Gasteiger charge is -2.09. The Labute approximate surface area is 127 Å². The lowest BCUT2D eigenvalue weighted by molar-refractivity contribution is 0.273. The van der Waals surface area contributed by atoms with Gasteiger partial charge in [-0.05, 0) is 19.3 Å². The zero-order valence-electron chi connectivity index (χ0n) is 12.8.